The molecule has 0 saturated carbocycles. The van der Waals surface area contributed by atoms with Gasteiger partial charge in [-0.25, -0.2) is 4.79 Å². The fraction of sp³-hybridized carbons (Fsp3) is 0.579. The van der Waals surface area contributed by atoms with Crippen molar-refractivity contribution >= 4 is 12.3 Å². The summed E-state index contributed by atoms with van der Waals surface area (Å²) in [5.74, 6) is 0. The summed E-state index contributed by atoms with van der Waals surface area (Å²) in [5, 5.41) is 11.6. The lowest BCUT2D eigenvalue weighted by Crippen LogP contribution is -2.43. The van der Waals surface area contributed by atoms with Crippen LogP contribution in [0.25, 0.3) is 0 Å². The molecular formula is C19H30N2O4. The van der Waals surface area contributed by atoms with Crippen molar-refractivity contribution in [2.24, 2.45) is 5.16 Å². The number of nitrogens with zero attached hydrogens (tertiary/aromatic N) is 2. The van der Waals surface area contributed by atoms with Crippen LogP contribution in [-0.4, -0.2) is 47.8 Å². The molecule has 6 heteroatoms. The molecular weight excluding hydrogens is 320 g/mol. The number of benzene rings is 1. The summed E-state index contributed by atoms with van der Waals surface area (Å²) in [6.07, 6.45) is 2.61. The van der Waals surface area contributed by atoms with E-state index in [2.05, 4.69) is 12.1 Å². The van der Waals surface area contributed by atoms with Gasteiger partial charge in [0.1, 0.15) is 5.60 Å². The summed E-state index contributed by atoms with van der Waals surface area (Å²) < 4.78 is 10.8. The normalized spacial score (nSPS) is 13.0. The second-order valence-electron chi connectivity index (χ2n) is 6.94. The smallest absolute Gasteiger partial charge is 0.410 e. The number of methoxy groups -OCH3 is 1. The van der Waals surface area contributed by atoms with Gasteiger partial charge in [0.25, 0.3) is 0 Å². The molecule has 1 amide bonds. The Morgan fingerprint density at radius 3 is 2.44 bits per heavy atom. The van der Waals surface area contributed by atoms with Crippen LogP contribution in [0.15, 0.2) is 29.4 Å². The van der Waals surface area contributed by atoms with Crippen LogP contribution < -0.4 is 0 Å². The summed E-state index contributed by atoms with van der Waals surface area (Å²) in [6, 6.07) is 7.56. The predicted molar refractivity (Wildman–Crippen MR) is 98.2 cm³/mol. The molecule has 1 aromatic rings. The van der Waals surface area contributed by atoms with E-state index in [4.69, 9.17) is 14.7 Å². The number of hydrogen-bond acceptors (Lipinski definition) is 5. The van der Waals surface area contributed by atoms with Crippen molar-refractivity contribution in [3.8, 4) is 0 Å². The minimum Gasteiger partial charge on any atom is -0.444 e. The molecule has 0 aliphatic rings. The zero-order valence-electron chi connectivity index (χ0n) is 15.9. The molecule has 0 aliphatic heterocycles. The Bertz CT molecular complexity index is 550. The van der Waals surface area contributed by atoms with Crippen molar-refractivity contribution in [2.75, 3.05) is 13.7 Å². The van der Waals surface area contributed by atoms with E-state index in [0.717, 1.165) is 24.0 Å². The molecule has 6 nitrogen and oxygen atoms in total. The number of rotatable bonds is 8. The standard InChI is InChI=1S/C19H30N2O4/c1-6-17(11-12-24-5)21(18(22)25-19(2,3)4)14-16-9-7-15(8-10-16)13-20-23/h7-10,13,17,23H,6,11-12,14H2,1-5H3/b20-13+. The van der Waals surface area contributed by atoms with E-state index in [1.165, 1.54) is 6.21 Å². The van der Waals surface area contributed by atoms with Crippen LogP contribution in [0.5, 0.6) is 0 Å². The second kappa shape index (κ2) is 10.0. The quantitative estimate of drug-likeness (QED) is 0.436. The van der Waals surface area contributed by atoms with Gasteiger partial charge in [-0.3, -0.25) is 0 Å². The van der Waals surface area contributed by atoms with Crippen LogP contribution in [0.3, 0.4) is 0 Å². The lowest BCUT2D eigenvalue weighted by molar-refractivity contribution is 0.00995. The number of oxime groups is 1. The van der Waals surface area contributed by atoms with Crippen molar-refractivity contribution in [2.45, 2.75) is 58.7 Å². The van der Waals surface area contributed by atoms with Gasteiger partial charge in [-0.15, -0.1) is 0 Å². The first-order chi connectivity index (χ1) is 11.8. The molecule has 140 valence electrons. The number of ether oxygens (including phenoxy) is 2. The highest BCUT2D eigenvalue weighted by molar-refractivity contribution is 5.79. The molecule has 1 atom stereocenters. The van der Waals surface area contributed by atoms with Crippen LogP contribution in [0.4, 0.5) is 4.79 Å². The van der Waals surface area contributed by atoms with E-state index in [0.29, 0.717) is 13.2 Å². The zero-order valence-corrected chi connectivity index (χ0v) is 15.9. The van der Waals surface area contributed by atoms with Crippen LogP contribution in [0, 0.1) is 0 Å². The number of amides is 1. The SMILES string of the molecule is CCC(CCOC)N(Cc1ccc(/C=N/O)cc1)C(=O)OC(C)(C)C. The van der Waals surface area contributed by atoms with E-state index in [9.17, 15) is 4.79 Å². The van der Waals surface area contributed by atoms with E-state index >= 15 is 0 Å². The van der Waals surface area contributed by atoms with Crippen molar-refractivity contribution in [3.05, 3.63) is 35.4 Å². The van der Waals surface area contributed by atoms with Crippen LogP contribution in [-0.2, 0) is 16.0 Å². The highest BCUT2D eigenvalue weighted by Crippen LogP contribution is 2.19. The average Bonchev–Trinajstić information content (AvgIpc) is 2.54. The number of carbonyl (C=O) groups is 1. The van der Waals surface area contributed by atoms with E-state index in [1.54, 1.807) is 12.0 Å². The van der Waals surface area contributed by atoms with Crippen molar-refractivity contribution < 1.29 is 19.5 Å². The fourth-order valence-electron chi connectivity index (χ4n) is 2.47. The molecule has 0 aromatic heterocycles. The first kappa shape index (κ1) is 21.0. The third-order valence-corrected chi connectivity index (χ3v) is 3.73. The summed E-state index contributed by atoms with van der Waals surface area (Å²) >= 11 is 0. The topological polar surface area (TPSA) is 71.4 Å². The molecule has 1 unspecified atom stereocenters. The summed E-state index contributed by atoms with van der Waals surface area (Å²) in [7, 11) is 1.66. The van der Waals surface area contributed by atoms with Gasteiger partial charge in [-0.2, -0.15) is 0 Å². The molecule has 0 bridgehead atoms. The van der Waals surface area contributed by atoms with Gasteiger partial charge in [-0.05, 0) is 44.7 Å². The molecule has 1 rings (SSSR count). The minimum absolute atomic E-state index is 0.0356. The average molecular weight is 350 g/mol. The first-order valence-electron chi connectivity index (χ1n) is 8.55. The van der Waals surface area contributed by atoms with Crippen LogP contribution >= 0.6 is 0 Å². The zero-order chi connectivity index (χ0) is 18.9. The Morgan fingerprint density at radius 2 is 1.96 bits per heavy atom. The Balaban J connectivity index is 2.97. The Morgan fingerprint density at radius 1 is 1.32 bits per heavy atom. The molecule has 25 heavy (non-hydrogen) atoms. The van der Waals surface area contributed by atoms with Gasteiger partial charge in [-0.1, -0.05) is 36.3 Å². The van der Waals surface area contributed by atoms with Crippen LogP contribution in [0.2, 0.25) is 0 Å². The number of carbonyl (C=O) groups excluding carboxylic acids is 1. The van der Waals surface area contributed by atoms with Crippen LogP contribution in [0.1, 0.15) is 51.7 Å². The first-order valence-corrected chi connectivity index (χ1v) is 8.55. The summed E-state index contributed by atoms with van der Waals surface area (Å²) in [4.78, 5) is 14.5. The third kappa shape index (κ3) is 7.56. The summed E-state index contributed by atoms with van der Waals surface area (Å²) in [6.45, 7) is 8.68. The second-order valence-corrected chi connectivity index (χ2v) is 6.94. The molecule has 0 heterocycles. The maximum atomic E-state index is 12.7. The monoisotopic (exact) mass is 350 g/mol. The third-order valence-electron chi connectivity index (χ3n) is 3.73. The van der Waals surface area contributed by atoms with E-state index < -0.39 is 5.60 Å². The molecule has 0 fully saturated rings. The van der Waals surface area contributed by atoms with Gasteiger partial charge in [0.05, 0.1) is 6.21 Å². The van der Waals surface area contributed by atoms with Gasteiger partial charge < -0.3 is 19.6 Å². The van der Waals surface area contributed by atoms with Crippen molar-refractivity contribution in [1.82, 2.24) is 4.90 Å². The Hall–Kier alpha value is -2.08. The highest BCUT2D eigenvalue weighted by atomic mass is 16.6. The fourth-order valence-corrected chi connectivity index (χ4v) is 2.47. The molecule has 0 radical (unpaired) electrons. The highest BCUT2D eigenvalue weighted by Gasteiger charge is 2.27. The van der Waals surface area contributed by atoms with E-state index in [-0.39, 0.29) is 12.1 Å². The van der Waals surface area contributed by atoms with Gasteiger partial charge in [0.15, 0.2) is 0 Å². The van der Waals surface area contributed by atoms with Gasteiger partial charge in [0, 0.05) is 26.3 Å². The maximum absolute atomic E-state index is 12.7. The molecule has 0 aliphatic carbocycles. The van der Waals surface area contributed by atoms with Gasteiger partial charge in [0.2, 0.25) is 0 Å². The molecule has 1 aromatic carbocycles. The molecule has 0 saturated heterocycles. The van der Waals surface area contributed by atoms with Gasteiger partial charge >= 0.3 is 6.09 Å². The Labute approximate surface area is 150 Å². The maximum Gasteiger partial charge on any atom is 0.410 e. The minimum atomic E-state index is -0.545. The lowest BCUT2D eigenvalue weighted by Gasteiger charge is -2.33. The van der Waals surface area contributed by atoms with Crippen molar-refractivity contribution in [1.29, 1.82) is 0 Å². The lowest BCUT2D eigenvalue weighted by atomic mass is 10.1. The predicted octanol–water partition coefficient (Wildman–Crippen LogP) is 4.05. The largest absolute Gasteiger partial charge is 0.444 e. The van der Waals surface area contributed by atoms with Crippen molar-refractivity contribution in [3.63, 3.8) is 0 Å². The molecule has 0 spiro atoms. The molecule has 1 N–H and O–H groups in total. The number of hydrogen-bond donors (Lipinski definition) is 1. The van der Waals surface area contributed by atoms with E-state index in [1.807, 2.05) is 45.0 Å². The Kier molecular flexibility index (Phi) is 8.41. The summed E-state index contributed by atoms with van der Waals surface area (Å²) in [5.41, 5.74) is 1.23.